The number of aromatic nitrogens is 5. The lowest BCUT2D eigenvalue weighted by Crippen LogP contribution is -2.18. The number of nitrogens with zero attached hydrogens (tertiary/aromatic N) is 5. The van der Waals surface area contributed by atoms with E-state index in [0.29, 0.717) is 18.8 Å². The fraction of sp³-hybridized carbons (Fsp3) is 0.421. The van der Waals surface area contributed by atoms with Crippen molar-refractivity contribution < 1.29 is 9.84 Å². The zero-order valence-corrected chi connectivity index (χ0v) is 15.7. The molecule has 0 radical (unpaired) electrons. The monoisotopic (exact) mass is 355 g/mol. The van der Waals surface area contributed by atoms with Crippen LogP contribution in [0.25, 0.3) is 0 Å². The standard InChI is InChI=1S/C19H25N5O2/c1-13-11-14(2)24(21-13)15(3)19-20-18(22-23(19)9-10-25)12-16-7-5-6-8-17(16)26-4/h5-8,11,15,25H,9-10,12H2,1-4H3/t15-/m0/s1. The number of hydrogen-bond acceptors (Lipinski definition) is 5. The molecule has 0 aliphatic carbocycles. The van der Waals surface area contributed by atoms with E-state index < -0.39 is 0 Å². The van der Waals surface area contributed by atoms with Gasteiger partial charge in [-0.2, -0.15) is 10.2 Å². The van der Waals surface area contributed by atoms with Gasteiger partial charge in [-0.25, -0.2) is 9.67 Å². The molecule has 7 nitrogen and oxygen atoms in total. The molecule has 2 aromatic heterocycles. The smallest absolute Gasteiger partial charge is 0.155 e. The zero-order chi connectivity index (χ0) is 18.7. The molecule has 0 spiro atoms. The molecule has 1 aromatic carbocycles. The minimum atomic E-state index is -0.0748. The van der Waals surface area contributed by atoms with Gasteiger partial charge in [0.05, 0.1) is 26.0 Å². The maximum Gasteiger partial charge on any atom is 0.155 e. The SMILES string of the molecule is COc1ccccc1Cc1nc([C@H](C)n2nc(C)cc2C)n(CCO)n1. The summed E-state index contributed by atoms with van der Waals surface area (Å²) in [5.74, 6) is 2.31. The fourth-order valence-electron chi connectivity index (χ4n) is 3.21. The van der Waals surface area contributed by atoms with E-state index in [9.17, 15) is 5.11 Å². The Bertz CT molecular complexity index is 884. The number of aryl methyl sites for hydroxylation is 2. The van der Waals surface area contributed by atoms with Crippen LogP contribution in [0.1, 0.15) is 41.6 Å². The highest BCUT2D eigenvalue weighted by Crippen LogP contribution is 2.22. The van der Waals surface area contributed by atoms with Gasteiger partial charge in [0.2, 0.25) is 0 Å². The van der Waals surface area contributed by atoms with Gasteiger partial charge in [-0.1, -0.05) is 18.2 Å². The number of methoxy groups -OCH3 is 1. The molecule has 7 heteroatoms. The van der Waals surface area contributed by atoms with Crippen LogP contribution in [0.5, 0.6) is 5.75 Å². The number of aliphatic hydroxyl groups is 1. The summed E-state index contributed by atoms with van der Waals surface area (Å²) in [7, 11) is 1.66. The van der Waals surface area contributed by atoms with Gasteiger partial charge < -0.3 is 9.84 Å². The van der Waals surface area contributed by atoms with Crippen LogP contribution in [-0.2, 0) is 13.0 Å². The number of rotatable bonds is 7. The van der Waals surface area contributed by atoms with Gasteiger partial charge in [0.1, 0.15) is 11.8 Å². The molecule has 2 heterocycles. The number of para-hydroxylation sites is 1. The topological polar surface area (TPSA) is 78.0 Å². The first kappa shape index (κ1) is 18.1. The predicted molar refractivity (Wildman–Crippen MR) is 98.4 cm³/mol. The number of benzene rings is 1. The third-order valence-electron chi connectivity index (χ3n) is 4.38. The van der Waals surface area contributed by atoms with Gasteiger partial charge in [0.25, 0.3) is 0 Å². The predicted octanol–water partition coefficient (Wildman–Crippen LogP) is 2.29. The first-order chi connectivity index (χ1) is 12.5. The van der Waals surface area contributed by atoms with E-state index in [1.165, 1.54) is 0 Å². The molecule has 0 aliphatic heterocycles. The van der Waals surface area contributed by atoms with E-state index in [0.717, 1.165) is 28.5 Å². The van der Waals surface area contributed by atoms with Crippen LogP contribution in [0, 0.1) is 13.8 Å². The summed E-state index contributed by atoms with van der Waals surface area (Å²) in [5.41, 5.74) is 3.07. The van der Waals surface area contributed by atoms with E-state index in [2.05, 4.69) is 10.2 Å². The highest BCUT2D eigenvalue weighted by molar-refractivity contribution is 5.35. The molecular weight excluding hydrogens is 330 g/mol. The van der Waals surface area contributed by atoms with Crippen molar-refractivity contribution in [3.63, 3.8) is 0 Å². The summed E-state index contributed by atoms with van der Waals surface area (Å²) in [6.45, 7) is 6.46. The summed E-state index contributed by atoms with van der Waals surface area (Å²) >= 11 is 0. The highest BCUT2D eigenvalue weighted by Gasteiger charge is 2.20. The van der Waals surface area contributed by atoms with E-state index >= 15 is 0 Å². The summed E-state index contributed by atoms with van der Waals surface area (Å²) in [5, 5.41) is 18.6. The molecule has 3 aromatic rings. The Hall–Kier alpha value is -2.67. The number of aliphatic hydroxyl groups excluding tert-OH is 1. The Morgan fingerprint density at radius 3 is 2.62 bits per heavy atom. The summed E-state index contributed by atoms with van der Waals surface area (Å²) in [6.07, 6.45) is 0.569. The van der Waals surface area contributed by atoms with E-state index in [1.54, 1.807) is 11.8 Å². The average molecular weight is 355 g/mol. The molecular formula is C19H25N5O2. The van der Waals surface area contributed by atoms with Gasteiger partial charge in [0.15, 0.2) is 11.6 Å². The molecule has 0 saturated carbocycles. The van der Waals surface area contributed by atoms with Gasteiger partial charge in [-0.3, -0.25) is 4.68 Å². The maximum absolute atomic E-state index is 9.41. The maximum atomic E-state index is 9.41. The lowest BCUT2D eigenvalue weighted by molar-refractivity contribution is 0.264. The Morgan fingerprint density at radius 1 is 1.19 bits per heavy atom. The molecule has 0 unspecified atom stereocenters. The van der Waals surface area contributed by atoms with Crippen LogP contribution in [0.3, 0.4) is 0 Å². The minimum absolute atomic E-state index is 0.00823. The molecule has 1 N–H and O–H groups in total. The van der Waals surface area contributed by atoms with Crippen LogP contribution in [-0.4, -0.2) is 43.4 Å². The summed E-state index contributed by atoms with van der Waals surface area (Å²) < 4.78 is 9.14. The van der Waals surface area contributed by atoms with Crippen LogP contribution in [0.15, 0.2) is 30.3 Å². The first-order valence-electron chi connectivity index (χ1n) is 8.72. The van der Waals surface area contributed by atoms with E-state index in [-0.39, 0.29) is 12.6 Å². The van der Waals surface area contributed by atoms with Crippen LogP contribution < -0.4 is 4.74 Å². The van der Waals surface area contributed by atoms with Crippen molar-refractivity contribution in [1.82, 2.24) is 24.5 Å². The lowest BCUT2D eigenvalue weighted by Gasteiger charge is -2.14. The summed E-state index contributed by atoms with van der Waals surface area (Å²) in [4.78, 5) is 4.75. The van der Waals surface area contributed by atoms with E-state index in [4.69, 9.17) is 9.72 Å². The Morgan fingerprint density at radius 2 is 1.96 bits per heavy atom. The van der Waals surface area contributed by atoms with Crippen molar-refractivity contribution in [3.05, 3.63) is 58.9 Å². The fourth-order valence-corrected chi connectivity index (χ4v) is 3.21. The quantitative estimate of drug-likeness (QED) is 0.703. The largest absolute Gasteiger partial charge is 0.496 e. The normalized spacial score (nSPS) is 12.3. The summed E-state index contributed by atoms with van der Waals surface area (Å²) in [6, 6.07) is 9.82. The molecule has 0 bridgehead atoms. The zero-order valence-electron chi connectivity index (χ0n) is 15.7. The first-order valence-corrected chi connectivity index (χ1v) is 8.72. The van der Waals surface area contributed by atoms with Gasteiger partial charge in [0, 0.05) is 17.7 Å². The molecule has 26 heavy (non-hydrogen) atoms. The van der Waals surface area contributed by atoms with Crippen molar-refractivity contribution in [2.45, 2.75) is 39.8 Å². The molecule has 3 rings (SSSR count). The van der Waals surface area contributed by atoms with Crippen molar-refractivity contribution in [1.29, 1.82) is 0 Å². The second kappa shape index (κ2) is 7.70. The average Bonchev–Trinajstić information content (AvgIpc) is 3.17. The molecule has 0 fully saturated rings. The number of ether oxygens (including phenoxy) is 1. The third-order valence-corrected chi connectivity index (χ3v) is 4.38. The van der Waals surface area contributed by atoms with Gasteiger partial charge >= 0.3 is 0 Å². The van der Waals surface area contributed by atoms with Crippen molar-refractivity contribution in [3.8, 4) is 5.75 Å². The van der Waals surface area contributed by atoms with Crippen LogP contribution in [0.2, 0.25) is 0 Å². The van der Waals surface area contributed by atoms with Crippen LogP contribution >= 0.6 is 0 Å². The van der Waals surface area contributed by atoms with E-state index in [1.807, 2.05) is 55.8 Å². The minimum Gasteiger partial charge on any atom is -0.496 e. The Kier molecular flexibility index (Phi) is 5.37. The molecule has 138 valence electrons. The van der Waals surface area contributed by atoms with Crippen molar-refractivity contribution in [2.24, 2.45) is 0 Å². The highest BCUT2D eigenvalue weighted by atomic mass is 16.5. The molecule has 1 atom stereocenters. The van der Waals surface area contributed by atoms with Crippen molar-refractivity contribution >= 4 is 0 Å². The third kappa shape index (κ3) is 3.62. The lowest BCUT2D eigenvalue weighted by atomic mass is 10.1. The molecule has 0 amide bonds. The second-order valence-electron chi connectivity index (χ2n) is 6.37. The van der Waals surface area contributed by atoms with Gasteiger partial charge in [-0.05, 0) is 32.9 Å². The molecule has 0 saturated heterocycles. The Labute approximate surface area is 153 Å². The van der Waals surface area contributed by atoms with Crippen molar-refractivity contribution in [2.75, 3.05) is 13.7 Å². The Balaban J connectivity index is 1.94. The van der Waals surface area contributed by atoms with Gasteiger partial charge in [-0.15, -0.1) is 0 Å². The second-order valence-corrected chi connectivity index (χ2v) is 6.37. The number of hydrogen-bond donors (Lipinski definition) is 1. The van der Waals surface area contributed by atoms with Crippen LogP contribution in [0.4, 0.5) is 0 Å². The molecule has 0 aliphatic rings.